The summed E-state index contributed by atoms with van der Waals surface area (Å²) in [6.07, 6.45) is 0.960. The minimum absolute atomic E-state index is 0.153. The van der Waals surface area contributed by atoms with E-state index in [2.05, 4.69) is 0 Å². The van der Waals surface area contributed by atoms with E-state index in [0.29, 0.717) is 11.3 Å². The molecule has 1 amide bonds. The normalized spacial score (nSPS) is 11.1. The first-order chi connectivity index (χ1) is 6.63. The van der Waals surface area contributed by atoms with E-state index in [9.17, 15) is 9.90 Å². The van der Waals surface area contributed by atoms with Crippen molar-refractivity contribution in [2.75, 3.05) is 7.11 Å². The summed E-state index contributed by atoms with van der Waals surface area (Å²) in [6.45, 7) is 0. The van der Waals surface area contributed by atoms with Gasteiger partial charge in [-0.05, 0) is 24.3 Å². The lowest BCUT2D eigenvalue weighted by atomic mass is 10.2. The molecule has 0 heterocycles. The molecule has 0 aliphatic heterocycles. The van der Waals surface area contributed by atoms with Gasteiger partial charge in [-0.25, -0.2) is 0 Å². The Bertz CT molecular complexity index is 354. The van der Waals surface area contributed by atoms with Gasteiger partial charge in [0.05, 0.1) is 7.11 Å². The minimum atomic E-state index is -0.682. The van der Waals surface area contributed by atoms with Crippen molar-refractivity contribution in [3.8, 4) is 5.75 Å². The van der Waals surface area contributed by atoms with Crippen molar-refractivity contribution in [2.24, 2.45) is 5.73 Å². The van der Waals surface area contributed by atoms with E-state index >= 15 is 0 Å². The number of amides is 1. The number of benzene rings is 1. The van der Waals surface area contributed by atoms with Crippen molar-refractivity contribution < 1.29 is 14.6 Å². The van der Waals surface area contributed by atoms with Crippen molar-refractivity contribution in [1.29, 1.82) is 0 Å². The molecule has 0 aromatic heterocycles. The van der Waals surface area contributed by atoms with Crippen LogP contribution >= 0.6 is 0 Å². The van der Waals surface area contributed by atoms with Gasteiger partial charge in [0.2, 0.25) is 5.91 Å². The number of methoxy groups -OCH3 is 1. The number of ether oxygens (including phenoxy) is 1. The van der Waals surface area contributed by atoms with Gasteiger partial charge in [0.25, 0.3) is 0 Å². The molecule has 3 N–H and O–H groups in total. The van der Waals surface area contributed by atoms with Crippen LogP contribution in [0.25, 0.3) is 5.76 Å². The third-order valence-corrected chi connectivity index (χ3v) is 1.66. The van der Waals surface area contributed by atoms with E-state index in [1.54, 1.807) is 31.4 Å². The largest absolute Gasteiger partial charge is 0.507 e. The second-order valence-electron chi connectivity index (χ2n) is 2.66. The van der Waals surface area contributed by atoms with E-state index in [-0.39, 0.29) is 5.76 Å². The molecule has 0 radical (unpaired) electrons. The predicted molar refractivity (Wildman–Crippen MR) is 52.8 cm³/mol. The van der Waals surface area contributed by atoms with Crippen LogP contribution in [0.4, 0.5) is 0 Å². The minimum Gasteiger partial charge on any atom is -0.507 e. The summed E-state index contributed by atoms with van der Waals surface area (Å²) in [7, 11) is 1.55. The zero-order valence-electron chi connectivity index (χ0n) is 7.73. The van der Waals surface area contributed by atoms with Crippen LogP contribution in [0.3, 0.4) is 0 Å². The van der Waals surface area contributed by atoms with Gasteiger partial charge >= 0.3 is 0 Å². The van der Waals surface area contributed by atoms with Gasteiger partial charge in [-0.3, -0.25) is 4.79 Å². The summed E-state index contributed by atoms with van der Waals surface area (Å²) >= 11 is 0. The third-order valence-electron chi connectivity index (χ3n) is 1.66. The van der Waals surface area contributed by atoms with Gasteiger partial charge in [-0.15, -0.1) is 0 Å². The Morgan fingerprint density at radius 3 is 2.43 bits per heavy atom. The highest BCUT2D eigenvalue weighted by atomic mass is 16.5. The Balaban J connectivity index is 2.92. The third kappa shape index (κ3) is 2.52. The quantitative estimate of drug-likeness (QED) is 0.557. The highest BCUT2D eigenvalue weighted by molar-refractivity contribution is 5.92. The molecule has 0 fully saturated rings. The average Bonchev–Trinajstić information content (AvgIpc) is 2.17. The molecule has 1 aromatic rings. The highest BCUT2D eigenvalue weighted by Gasteiger charge is 2.00. The first-order valence-corrected chi connectivity index (χ1v) is 3.98. The van der Waals surface area contributed by atoms with Crippen LogP contribution in [0, 0.1) is 0 Å². The smallest absolute Gasteiger partial charge is 0.245 e. The molecule has 0 saturated carbocycles. The standard InChI is InChI=1S/C10H11NO3/c1-14-8-4-2-7(3-5-8)9(12)6-10(11)13/h2-6,12H,1H3,(H2,11,13)/b9-6-. The number of carbonyl (C=O) groups is 1. The van der Waals surface area contributed by atoms with Gasteiger partial charge in [-0.2, -0.15) is 0 Å². The molecular weight excluding hydrogens is 182 g/mol. The van der Waals surface area contributed by atoms with Crippen LogP contribution in [-0.4, -0.2) is 18.1 Å². The number of hydrogen-bond donors (Lipinski definition) is 2. The monoisotopic (exact) mass is 193 g/mol. The molecule has 4 heteroatoms. The lowest BCUT2D eigenvalue weighted by Gasteiger charge is -2.01. The molecule has 4 nitrogen and oxygen atoms in total. The lowest BCUT2D eigenvalue weighted by Crippen LogP contribution is -2.06. The van der Waals surface area contributed by atoms with E-state index in [1.807, 2.05) is 0 Å². The Kier molecular flexibility index (Phi) is 3.12. The molecule has 1 aromatic carbocycles. The number of hydrogen-bond acceptors (Lipinski definition) is 3. The highest BCUT2D eigenvalue weighted by Crippen LogP contribution is 2.16. The van der Waals surface area contributed by atoms with Gasteiger partial charge in [0.15, 0.2) is 0 Å². The van der Waals surface area contributed by atoms with Gasteiger partial charge in [-0.1, -0.05) is 0 Å². The van der Waals surface area contributed by atoms with Crippen LogP contribution in [0.2, 0.25) is 0 Å². The maximum Gasteiger partial charge on any atom is 0.245 e. The molecule has 0 aliphatic carbocycles. The fourth-order valence-corrected chi connectivity index (χ4v) is 0.980. The molecule has 74 valence electrons. The van der Waals surface area contributed by atoms with Crippen LogP contribution in [0.15, 0.2) is 30.3 Å². The summed E-state index contributed by atoms with van der Waals surface area (Å²) in [5.74, 6) is -0.154. The summed E-state index contributed by atoms with van der Waals surface area (Å²) in [5, 5.41) is 9.37. The van der Waals surface area contributed by atoms with Crippen LogP contribution in [-0.2, 0) is 4.79 Å². The zero-order valence-corrected chi connectivity index (χ0v) is 7.73. The second kappa shape index (κ2) is 4.32. The Hall–Kier alpha value is -1.97. The number of primary amides is 1. The maximum atomic E-state index is 10.5. The number of aliphatic hydroxyl groups excluding tert-OH is 1. The SMILES string of the molecule is COc1ccc(/C(O)=C/C(N)=O)cc1. The Labute approximate surface area is 81.6 Å². The van der Waals surface area contributed by atoms with Crippen LogP contribution < -0.4 is 10.5 Å². The van der Waals surface area contributed by atoms with E-state index in [0.717, 1.165) is 6.08 Å². The zero-order chi connectivity index (χ0) is 10.6. The molecule has 0 aliphatic rings. The molecule has 14 heavy (non-hydrogen) atoms. The van der Waals surface area contributed by atoms with Crippen molar-refractivity contribution in [3.63, 3.8) is 0 Å². The first-order valence-electron chi connectivity index (χ1n) is 3.98. The van der Waals surface area contributed by atoms with Gasteiger partial charge in [0, 0.05) is 11.6 Å². The fraction of sp³-hybridized carbons (Fsp3) is 0.100. The van der Waals surface area contributed by atoms with Crippen LogP contribution in [0.5, 0.6) is 5.75 Å². The second-order valence-corrected chi connectivity index (χ2v) is 2.66. The fourth-order valence-electron chi connectivity index (χ4n) is 0.980. The van der Waals surface area contributed by atoms with Crippen molar-refractivity contribution in [2.45, 2.75) is 0 Å². The van der Waals surface area contributed by atoms with E-state index in [4.69, 9.17) is 10.5 Å². The molecule has 0 unspecified atom stereocenters. The summed E-state index contributed by atoms with van der Waals surface area (Å²) < 4.78 is 4.94. The van der Waals surface area contributed by atoms with Crippen molar-refractivity contribution in [3.05, 3.63) is 35.9 Å². The summed E-state index contributed by atoms with van der Waals surface area (Å²) in [5.41, 5.74) is 5.40. The number of aliphatic hydroxyl groups is 1. The Morgan fingerprint density at radius 1 is 1.43 bits per heavy atom. The molecule has 1 rings (SSSR count). The lowest BCUT2D eigenvalue weighted by molar-refractivity contribution is -0.113. The first kappa shape index (κ1) is 10.1. The number of rotatable bonds is 3. The van der Waals surface area contributed by atoms with Crippen molar-refractivity contribution >= 4 is 11.7 Å². The summed E-state index contributed by atoms with van der Waals surface area (Å²) in [4.78, 5) is 10.5. The summed E-state index contributed by atoms with van der Waals surface area (Å²) in [6, 6.07) is 6.63. The van der Waals surface area contributed by atoms with Crippen molar-refractivity contribution in [1.82, 2.24) is 0 Å². The van der Waals surface area contributed by atoms with Crippen LogP contribution in [0.1, 0.15) is 5.56 Å². The predicted octanol–water partition coefficient (Wildman–Crippen LogP) is 1.08. The molecule has 0 bridgehead atoms. The maximum absolute atomic E-state index is 10.5. The molecular formula is C10H11NO3. The van der Waals surface area contributed by atoms with Gasteiger partial charge < -0.3 is 15.6 Å². The van der Waals surface area contributed by atoms with E-state index in [1.165, 1.54) is 0 Å². The number of nitrogens with two attached hydrogens (primary N) is 1. The topological polar surface area (TPSA) is 72.6 Å². The average molecular weight is 193 g/mol. The van der Waals surface area contributed by atoms with E-state index < -0.39 is 5.91 Å². The number of carbonyl (C=O) groups excluding carboxylic acids is 1. The van der Waals surface area contributed by atoms with Gasteiger partial charge in [0.1, 0.15) is 11.5 Å². The molecule has 0 spiro atoms. The molecule has 0 atom stereocenters. The molecule has 0 saturated heterocycles. The Morgan fingerprint density at radius 2 is 2.00 bits per heavy atom.